The summed E-state index contributed by atoms with van der Waals surface area (Å²) in [5.41, 5.74) is 0.312. The highest BCUT2D eigenvalue weighted by molar-refractivity contribution is 5.94. The minimum Gasteiger partial charge on any atom is -0.406 e. The lowest BCUT2D eigenvalue weighted by atomic mass is 10.1. The van der Waals surface area contributed by atoms with Gasteiger partial charge in [0.15, 0.2) is 0 Å². The number of likely N-dealkylation sites (tertiary alicyclic amines) is 1. The molecule has 1 amide bonds. The Morgan fingerprint density at radius 3 is 2.45 bits per heavy atom. The first-order valence-corrected chi connectivity index (χ1v) is 6.43. The van der Waals surface area contributed by atoms with E-state index in [-0.39, 0.29) is 17.7 Å². The molecule has 6 nitrogen and oxygen atoms in total. The summed E-state index contributed by atoms with van der Waals surface area (Å²) in [5.74, 6) is -0.594. The maximum atomic E-state index is 12.2. The first kappa shape index (κ1) is 14.4. The Morgan fingerprint density at radius 1 is 1.23 bits per heavy atom. The van der Waals surface area contributed by atoms with Crippen LogP contribution in [0.15, 0.2) is 36.7 Å². The van der Waals surface area contributed by atoms with Gasteiger partial charge in [0.1, 0.15) is 5.75 Å². The standard InChI is InChI=1S/C13H11F3N4O2/c14-13(15,16)22-11-3-1-9(2-4-11)12(21)19-7-10(8-19)20-6-5-17-18-20/h1-6,10H,7-8H2. The van der Waals surface area contributed by atoms with Crippen molar-refractivity contribution < 1.29 is 22.7 Å². The van der Waals surface area contributed by atoms with Crippen LogP contribution in [0.4, 0.5) is 13.2 Å². The van der Waals surface area contributed by atoms with E-state index in [9.17, 15) is 18.0 Å². The van der Waals surface area contributed by atoms with Crippen LogP contribution < -0.4 is 4.74 Å². The number of nitrogens with zero attached hydrogens (tertiary/aromatic N) is 4. The van der Waals surface area contributed by atoms with Gasteiger partial charge in [0, 0.05) is 24.8 Å². The van der Waals surface area contributed by atoms with Gasteiger partial charge in [-0.2, -0.15) is 0 Å². The fourth-order valence-electron chi connectivity index (χ4n) is 2.18. The fourth-order valence-corrected chi connectivity index (χ4v) is 2.18. The summed E-state index contributed by atoms with van der Waals surface area (Å²) < 4.78 is 41.6. The van der Waals surface area contributed by atoms with Crippen molar-refractivity contribution in [3.8, 4) is 5.75 Å². The van der Waals surface area contributed by atoms with Crippen LogP contribution in [0.5, 0.6) is 5.75 Å². The number of carbonyl (C=O) groups is 1. The van der Waals surface area contributed by atoms with Crippen molar-refractivity contribution >= 4 is 5.91 Å². The molecule has 0 spiro atoms. The van der Waals surface area contributed by atoms with E-state index < -0.39 is 6.36 Å². The zero-order valence-electron chi connectivity index (χ0n) is 11.2. The Bertz CT molecular complexity index is 649. The molecule has 1 aliphatic heterocycles. The third kappa shape index (κ3) is 3.02. The molecule has 0 aliphatic carbocycles. The molecule has 116 valence electrons. The van der Waals surface area contributed by atoms with Gasteiger partial charge in [-0.3, -0.25) is 4.79 Å². The summed E-state index contributed by atoms with van der Waals surface area (Å²) >= 11 is 0. The molecule has 2 heterocycles. The van der Waals surface area contributed by atoms with Crippen LogP contribution in [-0.2, 0) is 0 Å². The average molecular weight is 312 g/mol. The average Bonchev–Trinajstić information content (AvgIpc) is 2.89. The first-order chi connectivity index (χ1) is 10.4. The van der Waals surface area contributed by atoms with E-state index in [1.54, 1.807) is 22.0 Å². The minimum absolute atomic E-state index is 0.0827. The van der Waals surface area contributed by atoms with Crippen molar-refractivity contribution in [2.24, 2.45) is 0 Å². The Labute approximate surface area is 123 Å². The maximum Gasteiger partial charge on any atom is 0.573 e. The van der Waals surface area contributed by atoms with Crippen molar-refractivity contribution in [2.75, 3.05) is 13.1 Å². The van der Waals surface area contributed by atoms with Crippen LogP contribution >= 0.6 is 0 Å². The normalized spacial score (nSPS) is 15.5. The van der Waals surface area contributed by atoms with Crippen molar-refractivity contribution in [2.45, 2.75) is 12.4 Å². The summed E-state index contributed by atoms with van der Waals surface area (Å²) in [6.45, 7) is 0.978. The molecule has 1 aromatic heterocycles. The second-order valence-corrected chi connectivity index (χ2v) is 4.82. The maximum absolute atomic E-state index is 12.2. The van der Waals surface area contributed by atoms with Crippen molar-refractivity contribution in [1.82, 2.24) is 19.9 Å². The van der Waals surface area contributed by atoms with Crippen LogP contribution in [-0.4, -0.2) is 45.3 Å². The van der Waals surface area contributed by atoms with Gasteiger partial charge in [0.25, 0.3) is 5.91 Å². The Kier molecular flexibility index (Phi) is 3.47. The van der Waals surface area contributed by atoms with Gasteiger partial charge < -0.3 is 9.64 Å². The third-order valence-electron chi connectivity index (χ3n) is 3.30. The number of carbonyl (C=O) groups excluding carboxylic acids is 1. The Hall–Kier alpha value is -2.58. The molecular formula is C13H11F3N4O2. The number of hydrogen-bond acceptors (Lipinski definition) is 4. The van der Waals surface area contributed by atoms with Crippen LogP contribution in [0, 0.1) is 0 Å². The van der Waals surface area contributed by atoms with Crippen molar-refractivity contribution in [1.29, 1.82) is 0 Å². The highest BCUT2D eigenvalue weighted by Gasteiger charge is 2.33. The zero-order chi connectivity index (χ0) is 15.7. The smallest absolute Gasteiger partial charge is 0.406 e. The lowest BCUT2D eigenvalue weighted by molar-refractivity contribution is -0.274. The number of amides is 1. The summed E-state index contributed by atoms with van der Waals surface area (Å²) in [6.07, 6.45) is -1.46. The van der Waals surface area contributed by atoms with Gasteiger partial charge in [-0.25, -0.2) is 4.68 Å². The molecule has 0 atom stereocenters. The molecule has 9 heteroatoms. The lowest BCUT2D eigenvalue weighted by Crippen LogP contribution is -2.50. The van der Waals surface area contributed by atoms with E-state index >= 15 is 0 Å². The first-order valence-electron chi connectivity index (χ1n) is 6.43. The molecular weight excluding hydrogens is 301 g/mol. The molecule has 1 saturated heterocycles. The number of rotatable bonds is 3. The molecule has 0 N–H and O–H groups in total. The molecule has 22 heavy (non-hydrogen) atoms. The number of benzene rings is 1. The van der Waals surface area contributed by atoms with Gasteiger partial charge in [0.2, 0.25) is 0 Å². The highest BCUT2D eigenvalue weighted by atomic mass is 19.4. The summed E-state index contributed by atoms with van der Waals surface area (Å²) in [6, 6.07) is 4.95. The van der Waals surface area contributed by atoms with Crippen LogP contribution in [0.2, 0.25) is 0 Å². The number of ether oxygens (including phenoxy) is 1. The zero-order valence-corrected chi connectivity index (χ0v) is 11.2. The predicted molar refractivity (Wildman–Crippen MR) is 68.1 cm³/mol. The second kappa shape index (κ2) is 5.32. The van der Waals surface area contributed by atoms with Gasteiger partial charge in [-0.05, 0) is 24.3 Å². The van der Waals surface area contributed by atoms with Gasteiger partial charge >= 0.3 is 6.36 Å². The largest absolute Gasteiger partial charge is 0.573 e. The van der Waals surface area contributed by atoms with E-state index in [1.165, 1.54) is 12.1 Å². The molecule has 0 unspecified atom stereocenters. The highest BCUT2D eigenvalue weighted by Crippen LogP contribution is 2.25. The van der Waals surface area contributed by atoms with Crippen molar-refractivity contribution in [3.63, 3.8) is 0 Å². The molecule has 1 aromatic carbocycles. The fraction of sp³-hybridized carbons (Fsp3) is 0.308. The van der Waals surface area contributed by atoms with Crippen LogP contribution in [0.25, 0.3) is 0 Å². The number of alkyl halides is 3. The van der Waals surface area contributed by atoms with Crippen LogP contribution in [0.3, 0.4) is 0 Å². The van der Waals surface area contributed by atoms with Gasteiger partial charge in [0.05, 0.1) is 12.2 Å². The molecule has 0 bridgehead atoms. The quantitative estimate of drug-likeness (QED) is 0.868. The monoisotopic (exact) mass is 312 g/mol. The molecule has 1 aliphatic rings. The molecule has 0 radical (unpaired) electrons. The summed E-state index contributed by atoms with van der Waals surface area (Å²) in [7, 11) is 0. The second-order valence-electron chi connectivity index (χ2n) is 4.82. The summed E-state index contributed by atoms with van der Waals surface area (Å²) in [5, 5.41) is 7.55. The molecule has 2 aromatic rings. The molecule has 1 fully saturated rings. The number of hydrogen-bond donors (Lipinski definition) is 0. The van der Waals surface area contributed by atoms with E-state index in [0.717, 1.165) is 12.1 Å². The van der Waals surface area contributed by atoms with Gasteiger partial charge in [-0.1, -0.05) is 5.21 Å². The van der Waals surface area contributed by atoms with Gasteiger partial charge in [-0.15, -0.1) is 18.3 Å². The third-order valence-corrected chi connectivity index (χ3v) is 3.30. The van der Waals surface area contributed by atoms with Crippen LogP contribution in [0.1, 0.15) is 16.4 Å². The number of halogens is 3. The van der Waals surface area contributed by atoms with E-state index in [2.05, 4.69) is 15.0 Å². The Balaban J connectivity index is 1.59. The lowest BCUT2D eigenvalue weighted by Gasteiger charge is -2.38. The van der Waals surface area contributed by atoms with Crippen molar-refractivity contribution in [3.05, 3.63) is 42.2 Å². The predicted octanol–water partition coefficient (Wildman–Crippen LogP) is 1.87. The SMILES string of the molecule is O=C(c1ccc(OC(F)(F)F)cc1)N1CC(n2ccnn2)C1. The molecule has 3 rings (SSSR count). The minimum atomic E-state index is -4.74. The topological polar surface area (TPSA) is 60.2 Å². The van der Waals surface area contributed by atoms with E-state index in [4.69, 9.17) is 0 Å². The molecule has 0 saturated carbocycles. The summed E-state index contributed by atoms with van der Waals surface area (Å²) in [4.78, 5) is 13.7. The van der Waals surface area contributed by atoms with E-state index in [0.29, 0.717) is 18.7 Å². The van der Waals surface area contributed by atoms with E-state index in [1.807, 2.05) is 0 Å². The Morgan fingerprint density at radius 2 is 1.91 bits per heavy atom. The number of aromatic nitrogens is 3.